The lowest BCUT2D eigenvalue weighted by Gasteiger charge is -2.22. The molecule has 6 nitrogen and oxygen atoms in total. The molecule has 2 amide bonds. The number of amides is 2. The molecule has 1 aliphatic heterocycles. The number of hydrogen-bond donors (Lipinski definition) is 1. The summed E-state index contributed by atoms with van der Waals surface area (Å²) in [5.41, 5.74) is -0.991. The van der Waals surface area contributed by atoms with Gasteiger partial charge in [-0.25, -0.2) is 8.42 Å². The summed E-state index contributed by atoms with van der Waals surface area (Å²) in [5, 5.41) is 2.50. The molecule has 138 valence electrons. The standard InChI is InChI=1S/C15H17F3N2O4S/c1-10(21)20(13-4-2-3-11(7-13)15(16,17)18)8-14(22)19-12-5-6-25(23,24)9-12/h2-4,7,12H,5-6,8-9H2,1H3,(H,19,22). The second kappa shape index (κ2) is 7.03. The molecule has 1 heterocycles. The molecule has 1 unspecified atom stereocenters. The Morgan fingerprint density at radius 1 is 1.32 bits per heavy atom. The van der Waals surface area contributed by atoms with E-state index in [0.29, 0.717) is 0 Å². The van der Waals surface area contributed by atoms with E-state index >= 15 is 0 Å². The van der Waals surface area contributed by atoms with Gasteiger partial charge in [-0.15, -0.1) is 0 Å². The van der Waals surface area contributed by atoms with Gasteiger partial charge in [-0.05, 0) is 24.6 Å². The highest BCUT2D eigenvalue weighted by atomic mass is 32.2. The van der Waals surface area contributed by atoms with Crippen molar-refractivity contribution >= 4 is 27.3 Å². The molecule has 1 aliphatic rings. The van der Waals surface area contributed by atoms with Crippen LogP contribution in [0.15, 0.2) is 24.3 Å². The lowest BCUT2D eigenvalue weighted by Crippen LogP contribution is -2.44. The quantitative estimate of drug-likeness (QED) is 0.858. The number of hydrogen-bond acceptors (Lipinski definition) is 4. The van der Waals surface area contributed by atoms with Crippen molar-refractivity contribution in [2.75, 3.05) is 23.0 Å². The topological polar surface area (TPSA) is 83.6 Å². The van der Waals surface area contributed by atoms with Crippen LogP contribution in [0.5, 0.6) is 0 Å². The van der Waals surface area contributed by atoms with Crippen LogP contribution in [0, 0.1) is 0 Å². The summed E-state index contributed by atoms with van der Waals surface area (Å²) in [6.07, 6.45) is -4.30. The van der Waals surface area contributed by atoms with Crippen molar-refractivity contribution in [3.05, 3.63) is 29.8 Å². The Hall–Kier alpha value is -2.10. The van der Waals surface area contributed by atoms with Crippen LogP contribution in [0.4, 0.5) is 18.9 Å². The maximum absolute atomic E-state index is 12.8. The van der Waals surface area contributed by atoms with Crippen LogP contribution in [-0.2, 0) is 25.6 Å². The largest absolute Gasteiger partial charge is 0.416 e. The number of anilines is 1. The first kappa shape index (κ1) is 19.2. The number of nitrogens with zero attached hydrogens (tertiary/aromatic N) is 1. The Kier molecular flexibility index (Phi) is 5.40. The first-order chi connectivity index (χ1) is 11.5. The predicted molar refractivity (Wildman–Crippen MR) is 84.7 cm³/mol. The molecule has 0 radical (unpaired) electrons. The van der Waals surface area contributed by atoms with Crippen LogP contribution in [0.3, 0.4) is 0 Å². The first-order valence-electron chi connectivity index (χ1n) is 7.43. The van der Waals surface area contributed by atoms with E-state index in [1.165, 1.54) is 6.07 Å². The number of nitrogens with one attached hydrogen (secondary N) is 1. The number of carbonyl (C=O) groups excluding carboxylic acids is 2. The fraction of sp³-hybridized carbons (Fsp3) is 0.467. The van der Waals surface area contributed by atoms with Crippen molar-refractivity contribution in [1.29, 1.82) is 0 Å². The smallest absolute Gasteiger partial charge is 0.351 e. The SMILES string of the molecule is CC(=O)N(CC(=O)NC1CCS(=O)(=O)C1)c1cccc(C(F)(F)F)c1. The summed E-state index contributed by atoms with van der Waals surface area (Å²) >= 11 is 0. The Bertz CT molecular complexity index is 777. The number of sulfone groups is 1. The summed E-state index contributed by atoms with van der Waals surface area (Å²) in [6, 6.07) is 3.55. The zero-order valence-corrected chi connectivity index (χ0v) is 14.2. The Morgan fingerprint density at radius 2 is 2.00 bits per heavy atom. The van der Waals surface area contributed by atoms with E-state index in [4.69, 9.17) is 0 Å². The molecule has 1 aromatic rings. The minimum Gasteiger partial charge on any atom is -0.351 e. The molecule has 1 fully saturated rings. The van der Waals surface area contributed by atoms with E-state index in [-0.39, 0.29) is 23.6 Å². The molecule has 1 N–H and O–H groups in total. The van der Waals surface area contributed by atoms with Crippen LogP contribution in [0.1, 0.15) is 18.9 Å². The molecule has 0 aromatic heterocycles. The van der Waals surface area contributed by atoms with Crippen LogP contribution in [0.25, 0.3) is 0 Å². The lowest BCUT2D eigenvalue weighted by molar-refractivity contribution is -0.137. The van der Waals surface area contributed by atoms with E-state index in [0.717, 1.165) is 30.0 Å². The van der Waals surface area contributed by atoms with Crippen molar-refractivity contribution in [1.82, 2.24) is 5.32 Å². The van der Waals surface area contributed by atoms with E-state index < -0.39 is 46.0 Å². The van der Waals surface area contributed by atoms with Gasteiger partial charge in [0, 0.05) is 18.7 Å². The number of rotatable bonds is 4. The van der Waals surface area contributed by atoms with Gasteiger partial charge in [-0.3, -0.25) is 9.59 Å². The molecule has 0 bridgehead atoms. The number of carbonyl (C=O) groups is 2. The van der Waals surface area contributed by atoms with Gasteiger partial charge in [0.15, 0.2) is 9.84 Å². The third-order valence-electron chi connectivity index (χ3n) is 3.76. The molecular formula is C15H17F3N2O4S. The Balaban J connectivity index is 2.11. The number of benzene rings is 1. The monoisotopic (exact) mass is 378 g/mol. The highest BCUT2D eigenvalue weighted by Crippen LogP contribution is 2.31. The Morgan fingerprint density at radius 3 is 2.52 bits per heavy atom. The molecule has 1 aromatic carbocycles. The van der Waals surface area contributed by atoms with Crippen LogP contribution < -0.4 is 10.2 Å². The maximum Gasteiger partial charge on any atom is 0.416 e. The maximum atomic E-state index is 12.8. The lowest BCUT2D eigenvalue weighted by atomic mass is 10.1. The molecule has 2 rings (SSSR count). The van der Waals surface area contributed by atoms with E-state index in [1.54, 1.807) is 0 Å². The van der Waals surface area contributed by atoms with Gasteiger partial charge in [0.05, 0.1) is 17.1 Å². The van der Waals surface area contributed by atoms with E-state index in [2.05, 4.69) is 5.32 Å². The molecule has 25 heavy (non-hydrogen) atoms. The van der Waals surface area contributed by atoms with Gasteiger partial charge in [0.1, 0.15) is 6.54 Å². The van der Waals surface area contributed by atoms with Crippen LogP contribution in [0.2, 0.25) is 0 Å². The molecular weight excluding hydrogens is 361 g/mol. The van der Waals surface area contributed by atoms with Gasteiger partial charge in [-0.2, -0.15) is 13.2 Å². The Labute approximate surface area is 142 Å². The van der Waals surface area contributed by atoms with E-state index in [1.807, 2.05) is 0 Å². The second-order valence-corrected chi connectivity index (χ2v) is 8.05. The van der Waals surface area contributed by atoms with Gasteiger partial charge in [-0.1, -0.05) is 6.07 Å². The van der Waals surface area contributed by atoms with Crippen LogP contribution in [-0.4, -0.2) is 44.3 Å². The molecule has 0 aliphatic carbocycles. The third-order valence-corrected chi connectivity index (χ3v) is 5.53. The highest BCUT2D eigenvalue weighted by Gasteiger charge is 2.32. The van der Waals surface area contributed by atoms with Crippen molar-refractivity contribution in [3.8, 4) is 0 Å². The van der Waals surface area contributed by atoms with Gasteiger partial charge >= 0.3 is 6.18 Å². The fourth-order valence-corrected chi connectivity index (χ4v) is 4.23. The van der Waals surface area contributed by atoms with Crippen molar-refractivity contribution in [2.45, 2.75) is 25.6 Å². The summed E-state index contributed by atoms with van der Waals surface area (Å²) in [4.78, 5) is 24.7. The fourth-order valence-electron chi connectivity index (χ4n) is 2.56. The average molecular weight is 378 g/mol. The zero-order valence-electron chi connectivity index (χ0n) is 13.3. The molecule has 1 saturated heterocycles. The molecule has 10 heteroatoms. The first-order valence-corrected chi connectivity index (χ1v) is 9.25. The highest BCUT2D eigenvalue weighted by molar-refractivity contribution is 7.91. The predicted octanol–water partition coefficient (Wildman–Crippen LogP) is 1.36. The molecule has 0 spiro atoms. The summed E-state index contributed by atoms with van der Waals surface area (Å²) in [7, 11) is -3.18. The van der Waals surface area contributed by atoms with Gasteiger partial charge < -0.3 is 10.2 Å². The van der Waals surface area contributed by atoms with Crippen LogP contribution >= 0.6 is 0 Å². The second-order valence-electron chi connectivity index (χ2n) is 5.82. The number of alkyl halides is 3. The van der Waals surface area contributed by atoms with Crippen molar-refractivity contribution in [3.63, 3.8) is 0 Å². The van der Waals surface area contributed by atoms with Gasteiger partial charge in [0.2, 0.25) is 11.8 Å². The average Bonchev–Trinajstić information content (AvgIpc) is 2.82. The normalized spacial score (nSPS) is 19.4. The molecule has 1 atom stereocenters. The summed E-state index contributed by atoms with van der Waals surface area (Å²) < 4.78 is 61.2. The summed E-state index contributed by atoms with van der Waals surface area (Å²) in [5.74, 6) is -1.44. The number of halogens is 3. The van der Waals surface area contributed by atoms with Crippen molar-refractivity contribution < 1.29 is 31.2 Å². The minimum atomic E-state index is -4.57. The zero-order chi connectivity index (χ0) is 18.8. The third kappa shape index (κ3) is 5.18. The molecule has 0 saturated carbocycles. The minimum absolute atomic E-state index is 0.0258. The van der Waals surface area contributed by atoms with Gasteiger partial charge in [0.25, 0.3) is 0 Å². The van der Waals surface area contributed by atoms with Crippen molar-refractivity contribution in [2.24, 2.45) is 0 Å². The summed E-state index contributed by atoms with van der Waals surface area (Å²) in [6.45, 7) is 0.640. The van der Waals surface area contributed by atoms with E-state index in [9.17, 15) is 31.2 Å².